The summed E-state index contributed by atoms with van der Waals surface area (Å²) in [5.74, 6) is -0.592. The Labute approximate surface area is 337 Å². The van der Waals surface area contributed by atoms with Crippen molar-refractivity contribution in [3.8, 4) is 0 Å². The van der Waals surface area contributed by atoms with E-state index in [9.17, 15) is 9.90 Å². The van der Waals surface area contributed by atoms with Crippen LogP contribution in [-0.2, 0) is 52.2 Å². The van der Waals surface area contributed by atoms with Gasteiger partial charge >= 0.3 is 0 Å². The van der Waals surface area contributed by atoms with Gasteiger partial charge in [0.25, 0.3) is 0 Å². The average Bonchev–Trinajstić information content (AvgIpc) is 3.87. The number of β-amino-alcohol motifs (C(OH)–C–C–N with tert-alkyl or cyclic N) is 1. The Kier molecular flexibility index (Phi) is 11.3. The number of Topliss-reactive ketones (excluding diaryl/α,β-unsaturated/α-hetero) is 1. The van der Waals surface area contributed by atoms with E-state index in [2.05, 4.69) is 25.0 Å². The summed E-state index contributed by atoms with van der Waals surface area (Å²) in [7, 11) is 1.70. The second-order valence-corrected chi connectivity index (χ2v) is 19.1. The Balaban J connectivity index is 0.908. The summed E-state index contributed by atoms with van der Waals surface area (Å²) < 4.78 is 66.2. The minimum atomic E-state index is -0.782. The average molecular weight is 800 g/mol. The Bertz CT molecular complexity index is 1510. The van der Waals surface area contributed by atoms with Gasteiger partial charge in [-0.05, 0) is 62.0 Å². The minimum Gasteiger partial charge on any atom is -0.392 e. The van der Waals surface area contributed by atoms with Crippen LogP contribution in [0, 0.1) is 11.8 Å². The first-order valence-corrected chi connectivity index (χ1v) is 22.3. The predicted octanol–water partition coefficient (Wildman–Crippen LogP) is 3.81. The molecule has 13 heteroatoms. The molecule has 11 aliphatic rings. The number of morpholine rings is 1. The molecule has 1 spiro atoms. The topological polar surface area (TPSA) is 133 Å². The summed E-state index contributed by atoms with van der Waals surface area (Å²) in [5, 5.41) is 11.3. The Morgan fingerprint density at radius 3 is 2.39 bits per heavy atom. The monoisotopic (exact) mass is 799 g/mol. The van der Waals surface area contributed by atoms with E-state index in [-0.39, 0.29) is 122 Å². The molecule has 0 aromatic carbocycles. The van der Waals surface area contributed by atoms with E-state index in [1.807, 2.05) is 0 Å². The van der Waals surface area contributed by atoms with E-state index < -0.39 is 11.9 Å². The van der Waals surface area contributed by atoms with Crippen LogP contribution < -0.4 is 0 Å². The molecule has 0 aromatic heterocycles. The minimum absolute atomic E-state index is 0.0158. The zero-order valence-electron chi connectivity index (χ0n) is 33.9. The number of hydrogen-bond donors (Lipinski definition) is 1. The fourth-order valence-corrected chi connectivity index (χ4v) is 12.3. The first-order chi connectivity index (χ1) is 27.6. The fourth-order valence-electron chi connectivity index (χ4n) is 12.3. The normalized spacial score (nSPS) is 50.8. The third-order valence-corrected chi connectivity index (χ3v) is 15.3. The largest absolute Gasteiger partial charge is 0.392 e. The van der Waals surface area contributed by atoms with Crippen molar-refractivity contribution in [3.63, 3.8) is 0 Å². The molecule has 0 amide bonds. The SMILES string of the molecule is C=C1C[C@@H]2CC[C@@]34C[C@@H]5O[C@@H]6C(O[C@H]7CC[C@H](CC(=O)C[C@@H]8[C@@H](OC)[C@@H](C[C@H](O)CN9CCOCC9)O[C@H]8C[C@H]8O[C@@H](CC[C@@H]1O2)C[C@@H](C)C8=C)O[C@@H]7[C@@H]6O3)[C@H]5O4. The van der Waals surface area contributed by atoms with Crippen LogP contribution in [0.2, 0.25) is 0 Å². The van der Waals surface area contributed by atoms with Gasteiger partial charge in [-0.3, -0.25) is 9.69 Å². The molecule has 57 heavy (non-hydrogen) atoms. The molecule has 11 fully saturated rings. The standard InChI is InChI=1S/C44H65NO12/c1-23-15-28-5-7-32-24(2)16-30(50-32)9-10-44-21-37-40(56-44)41-42(55-37)43(57-44)39-33(54-41)8-6-29(52-39)17-26(46)18-31-35(20-34(51-28)25(23)3)53-36(38(31)48-4)19-27(47)22-45-11-13-49-14-12-45/h23,27-43,47H,2-3,5-22H2,1,4H3/t23-,27+,28+,29-,30+,31+,32+,33+,34-,35+,36-,37+,38-,39+,40+,41?,42-,43+,44+/m1/s1. The van der Waals surface area contributed by atoms with Gasteiger partial charge < -0.3 is 52.5 Å². The quantitative estimate of drug-likeness (QED) is 0.405. The molecule has 0 aromatic rings. The van der Waals surface area contributed by atoms with E-state index in [4.69, 9.17) is 47.4 Å². The van der Waals surface area contributed by atoms with Crippen molar-refractivity contribution >= 4 is 5.78 Å². The molecule has 318 valence electrons. The van der Waals surface area contributed by atoms with Crippen LogP contribution >= 0.6 is 0 Å². The first-order valence-electron chi connectivity index (χ1n) is 22.3. The van der Waals surface area contributed by atoms with E-state index >= 15 is 0 Å². The highest BCUT2D eigenvalue weighted by Gasteiger charge is 2.68. The van der Waals surface area contributed by atoms with Gasteiger partial charge in [0.15, 0.2) is 5.79 Å². The number of rotatable bonds is 5. The molecule has 11 heterocycles. The molecule has 13 nitrogen and oxygen atoms in total. The molecule has 11 rings (SSSR count). The van der Waals surface area contributed by atoms with Gasteiger partial charge in [0.05, 0.1) is 80.4 Å². The number of ether oxygens (including phenoxy) is 10. The molecule has 0 aliphatic carbocycles. The van der Waals surface area contributed by atoms with Crippen molar-refractivity contribution in [2.75, 3.05) is 40.0 Å². The third-order valence-electron chi connectivity index (χ3n) is 15.3. The van der Waals surface area contributed by atoms with Crippen molar-refractivity contribution in [1.29, 1.82) is 0 Å². The van der Waals surface area contributed by atoms with E-state index in [0.29, 0.717) is 45.4 Å². The van der Waals surface area contributed by atoms with E-state index in [1.165, 1.54) is 0 Å². The molecule has 19 atom stereocenters. The number of fused-ring (bicyclic) bond motifs is 6. The van der Waals surface area contributed by atoms with Crippen molar-refractivity contribution < 1.29 is 57.3 Å². The van der Waals surface area contributed by atoms with Crippen LogP contribution in [0.5, 0.6) is 0 Å². The highest BCUT2D eigenvalue weighted by Crippen LogP contribution is 2.54. The Hall–Kier alpha value is -1.33. The van der Waals surface area contributed by atoms with Crippen molar-refractivity contribution in [1.82, 2.24) is 4.90 Å². The molecule has 11 saturated heterocycles. The summed E-state index contributed by atoms with van der Waals surface area (Å²) in [6.07, 6.45) is 5.19. The maximum atomic E-state index is 14.3. The maximum absolute atomic E-state index is 14.3. The van der Waals surface area contributed by atoms with Crippen LogP contribution in [0.25, 0.3) is 0 Å². The molecule has 1 unspecified atom stereocenters. The van der Waals surface area contributed by atoms with Crippen LogP contribution in [-0.4, -0.2) is 159 Å². The molecule has 12 bridgehead atoms. The van der Waals surface area contributed by atoms with Gasteiger partial charge in [0.1, 0.15) is 36.3 Å². The summed E-state index contributed by atoms with van der Waals surface area (Å²) in [6, 6.07) is 0. The van der Waals surface area contributed by atoms with E-state index in [0.717, 1.165) is 69.2 Å². The number of hydrogen-bond acceptors (Lipinski definition) is 13. The summed E-state index contributed by atoms with van der Waals surface area (Å²) in [5.41, 5.74) is 2.22. The molecule has 0 saturated carbocycles. The van der Waals surface area contributed by atoms with Gasteiger partial charge in [-0.1, -0.05) is 20.1 Å². The zero-order valence-corrected chi connectivity index (χ0v) is 33.9. The van der Waals surface area contributed by atoms with Gasteiger partial charge in [-0.15, -0.1) is 0 Å². The highest BCUT2D eigenvalue weighted by atomic mass is 16.8. The lowest BCUT2D eigenvalue weighted by molar-refractivity contribution is -0.292. The lowest BCUT2D eigenvalue weighted by Gasteiger charge is -2.47. The van der Waals surface area contributed by atoms with Gasteiger partial charge in [-0.2, -0.15) is 0 Å². The van der Waals surface area contributed by atoms with Gasteiger partial charge in [-0.25, -0.2) is 0 Å². The van der Waals surface area contributed by atoms with Crippen LogP contribution in [0.3, 0.4) is 0 Å². The molecular formula is C44H65NO12. The van der Waals surface area contributed by atoms with Crippen molar-refractivity contribution in [2.24, 2.45) is 11.8 Å². The van der Waals surface area contributed by atoms with Crippen LogP contribution in [0.4, 0.5) is 0 Å². The highest BCUT2D eigenvalue weighted by molar-refractivity contribution is 5.79. The predicted molar refractivity (Wildman–Crippen MR) is 204 cm³/mol. The second kappa shape index (κ2) is 16.2. The molecular weight excluding hydrogens is 734 g/mol. The second-order valence-electron chi connectivity index (χ2n) is 19.1. The molecule has 1 N–H and O–H groups in total. The summed E-state index contributed by atoms with van der Waals surface area (Å²) in [6.45, 7) is 14.7. The summed E-state index contributed by atoms with van der Waals surface area (Å²) >= 11 is 0. The van der Waals surface area contributed by atoms with Crippen molar-refractivity contribution in [3.05, 3.63) is 24.3 Å². The van der Waals surface area contributed by atoms with Crippen LogP contribution in [0.1, 0.15) is 90.4 Å². The lowest BCUT2D eigenvalue weighted by Crippen LogP contribution is -2.61. The smallest absolute Gasteiger partial charge is 0.172 e. The number of methoxy groups -OCH3 is 1. The fraction of sp³-hybridized carbons (Fsp3) is 0.886. The molecule has 11 aliphatic heterocycles. The lowest BCUT2D eigenvalue weighted by atomic mass is 9.81. The maximum Gasteiger partial charge on any atom is 0.172 e. The molecule has 0 radical (unpaired) electrons. The number of aliphatic hydroxyl groups is 1. The van der Waals surface area contributed by atoms with Crippen LogP contribution in [0.15, 0.2) is 24.3 Å². The number of ketones is 1. The zero-order chi connectivity index (χ0) is 39.0. The van der Waals surface area contributed by atoms with Crippen molar-refractivity contribution in [2.45, 2.75) is 194 Å². The number of carbonyl (C=O) groups excluding carboxylic acids is 1. The summed E-state index contributed by atoms with van der Waals surface area (Å²) in [4.78, 5) is 16.5. The number of nitrogens with zero attached hydrogens (tertiary/aromatic N) is 1. The van der Waals surface area contributed by atoms with Gasteiger partial charge in [0, 0.05) is 71.2 Å². The Morgan fingerprint density at radius 1 is 0.789 bits per heavy atom. The number of carbonyl (C=O) groups is 1. The third kappa shape index (κ3) is 7.77. The first kappa shape index (κ1) is 39.8. The van der Waals surface area contributed by atoms with E-state index in [1.54, 1.807) is 7.11 Å². The van der Waals surface area contributed by atoms with Gasteiger partial charge in [0.2, 0.25) is 0 Å². The Morgan fingerprint density at radius 2 is 1.54 bits per heavy atom. The number of aliphatic hydroxyl groups excluding tert-OH is 1.